The molecular weight excluding hydrogens is 302 g/mol. The smallest absolute Gasteiger partial charge is 0.125 e. The van der Waals surface area contributed by atoms with E-state index in [0.29, 0.717) is 5.41 Å². The fourth-order valence-corrected chi connectivity index (χ4v) is 3.56. The lowest BCUT2D eigenvalue weighted by atomic mass is 9.94. The van der Waals surface area contributed by atoms with Crippen molar-refractivity contribution in [1.29, 1.82) is 0 Å². The summed E-state index contributed by atoms with van der Waals surface area (Å²) < 4.78 is 7.04. The fourth-order valence-electron chi connectivity index (χ4n) is 3.00. The molecule has 1 aromatic carbocycles. The Bertz CT molecular complexity index is 468. The Hall–Kier alpha value is -0.540. The minimum Gasteiger partial charge on any atom is -0.493 e. The molecule has 2 nitrogen and oxygen atoms in total. The van der Waals surface area contributed by atoms with Gasteiger partial charge in [0.15, 0.2) is 0 Å². The molecule has 0 bridgehead atoms. The average Bonchev–Trinajstić information content (AvgIpc) is 2.97. The molecule has 0 spiro atoms. The van der Waals surface area contributed by atoms with Crippen LogP contribution in [0.4, 0.5) is 0 Å². The van der Waals surface area contributed by atoms with Crippen molar-refractivity contribution >= 4 is 15.9 Å². The van der Waals surface area contributed by atoms with Crippen LogP contribution < -0.4 is 10.1 Å². The van der Waals surface area contributed by atoms with E-state index in [1.165, 1.54) is 40.6 Å². The van der Waals surface area contributed by atoms with Crippen molar-refractivity contribution in [1.82, 2.24) is 5.32 Å². The van der Waals surface area contributed by atoms with Crippen molar-refractivity contribution < 1.29 is 4.74 Å². The van der Waals surface area contributed by atoms with Crippen molar-refractivity contribution in [3.63, 3.8) is 0 Å². The van der Waals surface area contributed by atoms with Crippen LogP contribution in [0.15, 0.2) is 16.6 Å². The summed E-state index contributed by atoms with van der Waals surface area (Å²) in [5, 5.41) is 3.59. The van der Waals surface area contributed by atoms with E-state index in [2.05, 4.69) is 40.3 Å². The number of fused-ring (bicyclic) bond motifs is 1. The molecule has 104 valence electrons. The lowest BCUT2D eigenvalue weighted by Crippen LogP contribution is -2.26. The summed E-state index contributed by atoms with van der Waals surface area (Å²) in [5.41, 5.74) is 3.27. The Balaban J connectivity index is 1.73. The number of hydrogen-bond donors (Lipinski definition) is 1. The van der Waals surface area contributed by atoms with Gasteiger partial charge in [-0.05, 0) is 60.9 Å². The van der Waals surface area contributed by atoms with Crippen LogP contribution in [0.3, 0.4) is 0 Å². The van der Waals surface area contributed by atoms with E-state index in [0.717, 1.165) is 32.5 Å². The quantitative estimate of drug-likeness (QED) is 0.806. The van der Waals surface area contributed by atoms with Crippen LogP contribution in [-0.2, 0) is 12.8 Å². The summed E-state index contributed by atoms with van der Waals surface area (Å²) >= 11 is 3.64. The fraction of sp³-hybridized carbons (Fsp3) is 0.625. The van der Waals surface area contributed by atoms with Gasteiger partial charge in [0.2, 0.25) is 0 Å². The zero-order chi connectivity index (χ0) is 13.3. The van der Waals surface area contributed by atoms with Gasteiger partial charge in [-0.15, -0.1) is 0 Å². The molecule has 0 amide bonds. The predicted molar refractivity (Wildman–Crippen MR) is 81.9 cm³/mol. The molecule has 0 unspecified atom stereocenters. The highest BCUT2D eigenvalue weighted by atomic mass is 79.9. The molecule has 1 aliphatic carbocycles. The molecule has 0 saturated heterocycles. The highest BCUT2D eigenvalue weighted by molar-refractivity contribution is 9.10. The molecule has 1 N–H and O–H groups in total. The molecular formula is C16H22BrNO. The largest absolute Gasteiger partial charge is 0.493 e. The third-order valence-corrected chi connectivity index (χ3v) is 4.73. The second-order valence-corrected chi connectivity index (χ2v) is 6.92. The average molecular weight is 324 g/mol. The van der Waals surface area contributed by atoms with E-state index in [-0.39, 0.29) is 0 Å². The van der Waals surface area contributed by atoms with Gasteiger partial charge in [-0.3, -0.25) is 0 Å². The maximum Gasteiger partial charge on any atom is 0.125 e. The molecule has 0 aromatic heterocycles. The first kappa shape index (κ1) is 13.4. The molecule has 1 aromatic rings. The summed E-state index contributed by atoms with van der Waals surface area (Å²) in [5.74, 6) is 1.17. The molecule has 1 heterocycles. The summed E-state index contributed by atoms with van der Waals surface area (Å²) in [4.78, 5) is 0. The number of hydrogen-bond acceptors (Lipinski definition) is 2. The van der Waals surface area contributed by atoms with Crippen LogP contribution in [0.5, 0.6) is 5.75 Å². The zero-order valence-corrected chi connectivity index (χ0v) is 13.2. The van der Waals surface area contributed by atoms with E-state index >= 15 is 0 Å². The van der Waals surface area contributed by atoms with Gasteiger partial charge in [-0.25, -0.2) is 0 Å². The predicted octanol–water partition coefficient (Wildman–Crippen LogP) is 3.71. The van der Waals surface area contributed by atoms with Gasteiger partial charge in [-0.1, -0.05) is 22.9 Å². The maximum absolute atomic E-state index is 5.84. The summed E-state index contributed by atoms with van der Waals surface area (Å²) in [6, 6.07) is 4.46. The van der Waals surface area contributed by atoms with Gasteiger partial charge in [-0.2, -0.15) is 0 Å². The second kappa shape index (κ2) is 5.45. The minimum atomic E-state index is 0.496. The van der Waals surface area contributed by atoms with E-state index < -0.39 is 0 Å². The third kappa shape index (κ3) is 2.97. The molecule has 1 aliphatic heterocycles. The zero-order valence-electron chi connectivity index (χ0n) is 11.6. The summed E-state index contributed by atoms with van der Waals surface area (Å²) in [7, 11) is 0. The molecule has 0 radical (unpaired) electrons. The number of halogens is 1. The molecule has 0 atom stereocenters. The van der Waals surface area contributed by atoms with Gasteiger partial charge in [0.25, 0.3) is 0 Å². The van der Waals surface area contributed by atoms with E-state index in [4.69, 9.17) is 4.74 Å². The lowest BCUT2D eigenvalue weighted by molar-refractivity contribution is 0.348. The molecule has 3 heteroatoms. The van der Waals surface area contributed by atoms with Crippen molar-refractivity contribution in [2.75, 3.05) is 19.7 Å². The van der Waals surface area contributed by atoms with Crippen LogP contribution in [-0.4, -0.2) is 19.7 Å². The van der Waals surface area contributed by atoms with Gasteiger partial charge in [0.05, 0.1) is 6.61 Å². The van der Waals surface area contributed by atoms with Crippen molar-refractivity contribution in [2.24, 2.45) is 5.41 Å². The Morgan fingerprint density at radius 2 is 2.21 bits per heavy atom. The molecule has 2 aliphatic rings. The Morgan fingerprint density at radius 3 is 2.95 bits per heavy atom. The molecule has 3 rings (SSSR count). The molecule has 1 fully saturated rings. The maximum atomic E-state index is 5.84. The first-order valence-electron chi connectivity index (χ1n) is 7.37. The van der Waals surface area contributed by atoms with E-state index in [1.54, 1.807) is 0 Å². The van der Waals surface area contributed by atoms with Crippen molar-refractivity contribution in [3.8, 4) is 5.75 Å². The van der Waals surface area contributed by atoms with Gasteiger partial charge in [0.1, 0.15) is 5.75 Å². The topological polar surface area (TPSA) is 21.3 Å². The lowest BCUT2D eigenvalue weighted by Gasteiger charge is -2.18. The van der Waals surface area contributed by atoms with Gasteiger partial charge >= 0.3 is 0 Å². The Kier molecular flexibility index (Phi) is 3.86. The first-order chi connectivity index (χ1) is 9.22. The minimum absolute atomic E-state index is 0.496. The van der Waals surface area contributed by atoms with E-state index in [9.17, 15) is 0 Å². The van der Waals surface area contributed by atoms with E-state index in [1.807, 2.05) is 0 Å². The Morgan fingerprint density at radius 1 is 1.37 bits per heavy atom. The second-order valence-electron chi connectivity index (χ2n) is 6.01. The van der Waals surface area contributed by atoms with Crippen LogP contribution in [0.25, 0.3) is 0 Å². The Labute approximate surface area is 124 Å². The number of benzene rings is 1. The number of nitrogens with one attached hydrogen (secondary N) is 1. The standard InChI is InChI=1S/C16H22BrNO/c1-2-6-18-11-16(4-5-16)10-13-9-14(17)8-12-3-7-19-15(12)13/h8-9,18H,2-7,10-11H2,1H3. The molecule has 19 heavy (non-hydrogen) atoms. The van der Waals surface area contributed by atoms with Crippen molar-refractivity contribution in [2.45, 2.75) is 39.0 Å². The summed E-state index contributed by atoms with van der Waals surface area (Å²) in [6.07, 6.45) is 6.13. The van der Waals surface area contributed by atoms with Crippen LogP contribution in [0.2, 0.25) is 0 Å². The third-order valence-electron chi connectivity index (χ3n) is 4.27. The van der Waals surface area contributed by atoms with Crippen molar-refractivity contribution in [3.05, 3.63) is 27.7 Å². The van der Waals surface area contributed by atoms with Crippen LogP contribution >= 0.6 is 15.9 Å². The number of rotatable bonds is 6. The normalized spacial score (nSPS) is 19.1. The van der Waals surface area contributed by atoms with Crippen LogP contribution in [0.1, 0.15) is 37.3 Å². The number of ether oxygens (including phenoxy) is 1. The molecule has 1 saturated carbocycles. The van der Waals surface area contributed by atoms with Gasteiger partial charge in [0, 0.05) is 17.4 Å². The SMILES string of the molecule is CCCNCC1(Cc2cc(Br)cc3c2OCC3)CC1. The first-order valence-corrected chi connectivity index (χ1v) is 8.17. The van der Waals surface area contributed by atoms with Crippen LogP contribution in [0, 0.1) is 5.41 Å². The summed E-state index contributed by atoms with van der Waals surface area (Å²) in [6.45, 7) is 5.36. The highest BCUT2D eigenvalue weighted by Crippen LogP contribution is 2.50. The monoisotopic (exact) mass is 323 g/mol. The highest BCUT2D eigenvalue weighted by Gasteiger charge is 2.42. The van der Waals surface area contributed by atoms with Gasteiger partial charge < -0.3 is 10.1 Å².